The van der Waals surface area contributed by atoms with Gasteiger partial charge in [-0.15, -0.1) is 0 Å². The largest absolute Gasteiger partial charge is 0.381 e. The van der Waals surface area contributed by atoms with E-state index in [9.17, 15) is 4.39 Å². The van der Waals surface area contributed by atoms with Gasteiger partial charge in [0.15, 0.2) is 0 Å². The molecule has 0 aromatic heterocycles. The molecule has 0 saturated heterocycles. The highest BCUT2D eigenvalue weighted by Crippen LogP contribution is 2.19. The van der Waals surface area contributed by atoms with Crippen molar-refractivity contribution in [1.82, 2.24) is 5.32 Å². The van der Waals surface area contributed by atoms with Gasteiger partial charge >= 0.3 is 0 Å². The molecule has 0 aromatic rings. The molecule has 0 aliphatic carbocycles. The molecular weight excluding hydrogens is 145 g/mol. The molecule has 0 heterocycles. The second kappa shape index (κ2) is 5.49. The van der Waals surface area contributed by atoms with Gasteiger partial charge in [0.25, 0.3) is 0 Å². The first kappa shape index (κ1) is 10.8. The Morgan fingerprint density at radius 2 is 2.18 bits per heavy atom. The third-order valence-electron chi connectivity index (χ3n) is 1.86. The first-order chi connectivity index (χ1) is 5.18. The lowest BCUT2D eigenvalue weighted by Gasteiger charge is -2.22. The van der Waals surface area contributed by atoms with E-state index in [1.807, 2.05) is 14.0 Å². The summed E-state index contributed by atoms with van der Waals surface area (Å²) in [5.74, 6) is 0. The predicted molar refractivity (Wildman–Crippen MR) is 44.5 cm³/mol. The van der Waals surface area contributed by atoms with E-state index in [1.54, 1.807) is 0 Å². The molecular formula is C8H18FNO. The minimum atomic E-state index is -1.14. The normalized spacial score (nSPS) is 16.4. The molecule has 1 N–H and O–H groups in total. The lowest BCUT2D eigenvalue weighted by molar-refractivity contribution is 0.0319. The summed E-state index contributed by atoms with van der Waals surface area (Å²) >= 11 is 0. The fraction of sp³-hybridized carbons (Fsp3) is 1.00. The highest BCUT2D eigenvalue weighted by Gasteiger charge is 2.26. The second-order valence-corrected chi connectivity index (χ2v) is 2.79. The number of halogens is 1. The zero-order valence-corrected chi connectivity index (χ0v) is 7.61. The van der Waals surface area contributed by atoms with E-state index in [4.69, 9.17) is 4.74 Å². The fourth-order valence-corrected chi connectivity index (χ4v) is 0.959. The van der Waals surface area contributed by atoms with E-state index >= 15 is 0 Å². The van der Waals surface area contributed by atoms with Crippen LogP contribution in [0, 0.1) is 0 Å². The topological polar surface area (TPSA) is 21.3 Å². The SMILES string of the molecule is CCC(F)(CCNC)COC. The number of alkyl halides is 1. The quantitative estimate of drug-likeness (QED) is 0.638. The molecule has 0 aliphatic heterocycles. The second-order valence-electron chi connectivity index (χ2n) is 2.79. The van der Waals surface area contributed by atoms with Crippen LogP contribution in [0.2, 0.25) is 0 Å². The molecule has 1 atom stereocenters. The Hall–Kier alpha value is -0.150. The fourth-order valence-electron chi connectivity index (χ4n) is 0.959. The molecule has 0 radical (unpaired) electrons. The van der Waals surface area contributed by atoms with E-state index in [0.717, 1.165) is 0 Å². The average molecular weight is 163 g/mol. The van der Waals surface area contributed by atoms with Crippen LogP contribution >= 0.6 is 0 Å². The van der Waals surface area contributed by atoms with Crippen LogP contribution in [0.25, 0.3) is 0 Å². The summed E-state index contributed by atoms with van der Waals surface area (Å²) in [6, 6.07) is 0. The van der Waals surface area contributed by atoms with Crippen LogP contribution < -0.4 is 5.32 Å². The van der Waals surface area contributed by atoms with Crippen molar-refractivity contribution in [1.29, 1.82) is 0 Å². The number of methoxy groups -OCH3 is 1. The Bertz CT molecular complexity index is 100. The van der Waals surface area contributed by atoms with E-state index in [2.05, 4.69) is 5.32 Å². The number of hydrogen-bond acceptors (Lipinski definition) is 2. The van der Waals surface area contributed by atoms with E-state index < -0.39 is 5.67 Å². The third kappa shape index (κ3) is 4.32. The minimum Gasteiger partial charge on any atom is -0.381 e. The van der Waals surface area contributed by atoms with Crippen LogP contribution in [0.4, 0.5) is 4.39 Å². The van der Waals surface area contributed by atoms with Gasteiger partial charge in [-0.3, -0.25) is 0 Å². The van der Waals surface area contributed by atoms with Crippen molar-refractivity contribution in [3.8, 4) is 0 Å². The van der Waals surface area contributed by atoms with Gasteiger partial charge < -0.3 is 10.1 Å². The Kier molecular flexibility index (Phi) is 5.42. The van der Waals surface area contributed by atoms with Crippen molar-refractivity contribution >= 4 is 0 Å². The number of ether oxygens (including phenoxy) is 1. The van der Waals surface area contributed by atoms with E-state index in [0.29, 0.717) is 19.4 Å². The van der Waals surface area contributed by atoms with Crippen LogP contribution in [-0.4, -0.2) is 33.0 Å². The van der Waals surface area contributed by atoms with E-state index in [-0.39, 0.29) is 6.61 Å². The van der Waals surface area contributed by atoms with Crippen molar-refractivity contribution in [2.75, 3.05) is 27.3 Å². The minimum absolute atomic E-state index is 0.200. The van der Waals surface area contributed by atoms with Gasteiger partial charge in [0, 0.05) is 7.11 Å². The Balaban J connectivity index is 3.68. The van der Waals surface area contributed by atoms with Crippen molar-refractivity contribution < 1.29 is 9.13 Å². The molecule has 11 heavy (non-hydrogen) atoms. The van der Waals surface area contributed by atoms with Gasteiger partial charge in [-0.1, -0.05) is 6.92 Å². The smallest absolute Gasteiger partial charge is 0.135 e. The maximum absolute atomic E-state index is 13.5. The van der Waals surface area contributed by atoms with Crippen LogP contribution in [-0.2, 0) is 4.74 Å². The summed E-state index contributed by atoms with van der Waals surface area (Å²) < 4.78 is 18.3. The van der Waals surface area contributed by atoms with Gasteiger partial charge in [0.1, 0.15) is 5.67 Å². The monoisotopic (exact) mass is 163 g/mol. The molecule has 0 amide bonds. The highest BCUT2D eigenvalue weighted by atomic mass is 19.1. The van der Waals surface area contributed by atoms with Crippen LogP contribution in [0.1, 0.15) is 19.8 Å². The van der Waals surface area contributed by atoms with Gasteiger partial charge in [0.05, 0.1) is 6.61 Å². The molecule has 0 fully saturated rings. The third-order valence-corrected chi connectivity index (χ3v) is 1.86. The van der Waals surface area contributed by atoms with E-state index in [1.165, 1.54) is 7.11 Å². The number of hydrogen-bond donors (Lipinski definition) is 1. The van der Waals surface area contributed by atoms with Gasteiger partial charge in [-0.2, -0.15) is 0 Å². The zero-order chi connectivity index (χ0) is 8.74. The van der Waals surface area contributed by atoms with Crippen LogP contribution in [0.5, 0.6) is 0 Å². The summed E-state index contributed by atoms with van der Waals surface area (Å²) in [5, 5.41) is 2.92. The van der Waals surface area contributed by atoms with Crippen LogP contribution in [0.3, 0.4) is 0 Å². The molecule has 68 valence electrons. The molecule has 1 unspecified atom stereocenters. The number of rotatable bonds is 6. The summed E-state index contributed by atoms with van der Waals surface area (Å²) in [6.45, 7) is 2.74. The standard InChI is InChI=1S/C8H18FNO/c1-4-8(9,7-11-3)5-6-10-2/h10H,4-7H2,1-3H3. The Morgan fingerprint density at radius 3 is 2.55 bits per heavy atom. The molecule has 0 aromatic carbocycles. The maximum Gasteiger partial charge on any atom is 0.135 e. The molecule has 0 spiro atoms. The average Bonchev–Trinajstić information content (AvgIpc) is 2.02. The lowest BCUT2D eigenvalue weighted by Crippen LogP contribution is -2.31. The highest BCUT2D eigenvalue weighted by molar-refractivity contribution is 4.77. The van der Waals surface area contributed by atoms with Crippen LogP contribution in [0.15, 0.2) is 0 Å². The zero-order valence-electron chi connectivity index (χ0n) is 7.61. The van der Waals surface area contributed by atoms with Crippen molar-refractivity contribution in [2.45, 2.75) is 25.4 Å². The summed E-state index contributed by atoms with van der Waals surface area (Å²) in [7, 11) is 3.35. The number of nitrogens with one attached hydrogen (secondary N) is 1. The molecule has 3 heteroatoms. The predicted octanol–water partition coefficient (Wildman–Crippen LogP) is 1.36. The molecule has 0 rings (SSSR count). The summed E-state index contributed by atoms with van der Waals surface area (Å²) in [5.41, 5.74) is -1.14. The van der Waals surface area contributed by atoms with Crippen molar-refractivity contribution in [3.05, 3.63) is 0 Å². The molecule has 0 bridgehead atoms. The maximum atomic E-state index is 13.5. The summed E-state index contributed by atoms with van der Waals surface area (Å²) in [4.78, 5) is 0. The first-order valence-corrected chi connectivity index (χ1v) is 4.01. The molecule has 2 nitrogen and oxygen atoms in total. The van der Waals surface area contributed by atoms with Gasteiger partial charge in [0.2, 0.25) is 0 Å². The molecule has 0 aliphatic rings. The summed E-state index contributed by atoms with van der Waals surface area (Å²) in [6.07, 6.45) is 1.04. The Labute approximate surface area is 68.1 Å². The van der Waals surface area contributed by atoms with Gasteiger partial charge in [-0.05, 0) is 26.4 Å². The van der Waals surface area contributed by atoms with Gasteiger partial charge in [-0.25, -0.2) is 4.39 Å². The molecule has 0 saturated carbocycles. The van der Waals surface area contributed by atoms with Crippen molar-refractivity contribution in [2.24, 2.45) is 0 Å². The Morgan fingerprint density at radius 1 is 1.55 bits per heavy atom. The first-order valence-electron chi connectivity index (χ1n) is 4.01. The van der Waals surface area contributed by atoms with Crippen molar-refractivity contribution in [3.63, 3.8) is 0 Å². The lowest BCUT2D eigenvalue weighted by atomic mass is 10.00.